The zero-order valence-corrected chi connectivity index (χ0v) is 13.0. The van der Waals surface area contributed by atoms with Crippen molar-refractivity contribution in [3.05, 3.63) is 23.4 Å². The third kappa shape index (κ3) is 3.90. The number of hydrogen-bond donors (Lipinski definition) is 2. The molecule has 118 valence electrons. The number of nitrogens with zero attached hydrogens (tertiary/aromatic N) is 2. The van der Waals surface area contributed by atoms with Gasteiger partial charge in [-0.15, -0.1) is 11.3 Å². The number of thiophene rings is 1. The Morgan fingerprint density at radius 2 is 2.27 bits per heavy atom. The Labute approximate surface area is 132 Å². The van der Waals surface area contributed by atoms with Gasteiger partial charge in [0.05, 0.1) is 24.6 Å². The molecular weight excluding hydrogens is 304 g/mol. The molecular formula is C14H19N4O3S+. The molecule has 2 aromatic heterocycles. The number of aromatic nitrogens is 2. The molecule has 3 rings (SSSR count). The second-order valence-electron chi connectivity index (χ2n) is 5.12. The summed E-state index contributed by atoms with van der Waals surface area (Å²) in [6.07, 6.45) is 0.924. The number of quaternary nitrogens is 1. The van der Waals surface area contributed by atoms with Gasteiger partial charge in [-0.2, -0.15) is 4.98 Å². The molecule has 8 heteroatoms. The monoisotopic (exact) mass is 323 g/mol. The summed E-state index contributed by atoms with van der Waals surface area (Å²) in [6, 6.07) is 3.80. The van der Waals surface area contributed by atoms with E-state index in [1.807, 2.05) is 17.5 Å². The highest BCUT2D eigenvalue weighted by atomic mass is 32.1. The summed E-state index contributed by atoms with van der Waals surface area (Å²) < 4.78 is 10.3. The van der Waals surface area contributed by atoms with Crippen LogP contribution in [0.1, 0.15) is 17.1 Å². The van der Waals surface area contributed by atoms with Gasteiger partial charge in [0.15, 0.2) is 0 Å². The quantitative estimate of drug-likeness (QED) is 0.722. The highest BCUT2D eigenvalue weighted by Gasteiger charge is 2.17. The third-order valence-electron chi connectivity index (χ3n) is 3.55. The molecule has 3 heterocycles. The van der Waals surface area contributed by atoms with Crippen LogP contribution < -0.4 is 10.2 Å². The van der Waals surface area contributed by atoms with Crippen LogP contribution in [0.5, 0.6) is 0 Å². The van der Waals surface area contributed by atoms with Crippen LogP contribution in [0.2, 0.25) is 0 Å². The maximum Gasteiger partial charge on any atom is 0.316 e. The summed E-state index contributed by atoms with van der Waals surface area (Å²) in [5.41, 5.74) is 0. The zero-order chi connectivity index (χ0) is 15.2. The van der Waals surface area contributed by atoms with Crippen LogP contribution >= 0.6 is 11.3 Å². The van der Waals surface area contributed by atoms with E-state index in [-0.39, 0.29) is 11.8 Å². The first kappa shape index (κ1) is 15.1. The van der Waals surface area contributed by atoms with Gasteiger partial charge in [0, 0.05) is 13.0 Å². The average molecular weight is 323 g/mol. The first-order chi connectivity index (χ1) is 10.8. The molecule has 0 unspecified atom stereocenters. The van der Waals surface area contributed by atoms with Gasteiger partial charge >= 0.3 is 11.8 Å². The SMILES string of the molecule is O=C(NCCC[NH+]1CCOCC1)c1nc(-c2cccs2)no1. The van der Waals surface area contributed by atoms with Gasteiger partial charge in [-0.25, -0.2) is 0 Å². The molecule has 22 heavy (non-hydrogen) atoms. The van der Waals surface area contributed by atoms with Crippen LogP contribution in [0.25, 0.3) is 10.7 Å². The van der Waals surface area contributed by atoms with Crippen LogP contribution in [-0.2, 0) is 4.74 Å². The molecule has 1 amide bonds. The molecule has 7 nitrogen and oxygen atoms in total. The Balaban J connectivity index is 1.42. The molecule has 1 aliphatic rings. The van der Waals surface area contributed by atoms with E-state index >= 15 is 0 Å². The van der Waals surface area contributed by atoms with Crippen molar-refractivity contribution < 1.29 is 19.0 Å². The number of rotatable bonds is 6. The number of nitrogens with one attached hydrogen (secondary N) is 2. The van der Waals surface area contributed by atoms with Crippen molar-refractivity contribution in [3.8, 4) is 10.7 Å². The van der Waals surface area contributed by atoms with Crippen molar-refractivity contribution in [2.45, 2.75) is 6.42 Å². The van der Waals surface area contributed by atoms with Crippen molar-refractivity contribution >= 4 is 17.2 Å². The summed E-state index contributed by atoms with van der Waals surface area (Å²) in [6.45, 7) is 5.39. The molecule has 2 aromatic rings. The number of carbonyl (C=O) groups excluding carboxylic acids is 1. The summed E-state index contributed by atoms with van der Waals surface area (Å²) in [5.74, 6) is 0.160. The number of amides is 1. The lowest BCUT2D eigenvalue weighted by Crippen LogP contribution is -3.14. The average Bonchev–Trinajstić information content (AvgIpc) is 3.22. The fraction of sp³-hybridized carbons (Fsp3) is 0.500. The van der Waals surface area contributed by atoms with Crippen LogP contribution in [0, 0.1) is 0 Å². The van der Waals surface area contributed by atoms with Crippen LogP contribution in [-0.4, -0.2) is 55.4 Å². The molecule has 2 N–H and O–H groups in total. The van der Waals surface area contributed by atoms with Gasteiger partial charge in [0.1, 0.15) is 13.1 Å². The van der Waals surface area contributed by atoms with Crippen LogP contribution in [0.3, 0.4) is 0 Å². The van der Waals surface area contributed by atoms with Crippen LogP contribution in [0.15, 0.2) is 22.0 Å². The Hall–Kier alpha value is -1.77. The Morgan fingerprint density at radius 3 is 3.05 bits per heavy atom. The number of carbonyl (C=O) groups is 1. The normalized spacial score (nSPS) is 15.8. The van der Waals surface area contributed by atoms with Crippen molar-refractivity contribution in [1.29, 1.82) is 0 Å². The van der Waals surface area contributed by atoms with Gasteiger partial charge < -0.3 is 19.5 Å². The first-order valence-electron chi connectivity index (χ1n) is 7.40. The summed E-state index contributed by atoms with van der Waals surface area (Å²) in [5, 5.41) is 8.58. The maximum atomic E-state index is 11.9. The topological polar surface area (TPSA) is 81.7 Å². The molecule has 0 spiro atoms. The summed E-state index contributed by atoms with van der Waals surface area (Å²) in [7, 11) is 0. The second kappa shape index (κ2) is 7.48. The molecule has 0 saturated carbocycles. The fourth-order valence-electron chi connectivity index (χ4n) is 2.35. The van der Waals surface area contributed by atoms with Gasteiger partial charge in [-0.05, 0) is 11.4 Å². The molecule has 0 aromatic carbocycles. The van der Waals surface area contributed by atoms with Crippen molar-refractivity contribution in [2.75, 3.05) is 39.4 Å². The third-order valence-corrected chi connectivity index (χ3v) is 4.42. The summed E-state index contributed by atoms with van der Waals surface area (Å²) in [4.78, 5) is 18.5. The molecule has 1 fully saturated rings. The smallest absolute Gasteiger partial charge is 0.316 e. The van der Waals surface area contributed by atoms with Crippen molar-refractivity contribution in [2.24, 2.45) is 0 Å². The fourth-order valence-corrected chi connectivity index (χ4v) is 3.00. The van der Waals surface area contributed by atoms with Crippen molar-refractivity contribution in [3.63, 3.8) is 0 Å². The number of morpholine rings is 1. The van der Waals surface area contributed by atoms with E-state index in [0.717, 1.165) is 44.1 Å². The molecule has 1 aliphatic heterocycles. The van der Waals surface area contributed by atoms with E-state index in [9.17, 15) is 4.79 Å². The van der Waals surface area contributed by atoms with E-state index < -0.39 is 0 Å². The second-order valence-corrected chi connectivity index (χ2v) is 6.07. The first-order valence-corrected chi connectivity index (χ1v) is 8.28. The highest BCUT2D eigenvalue weighted by Crippen LogP contribution is 2.21. The Kier molecular flexibility index (Phi) is 5.15. The molecule has 0 bridgehead atoms. The standard InChI is InChI=1S/C14H18N4O3S/c19-13(15-4-2-5-18-6-8-20-9-7-18)14-16-12(17-21-14)11-3-1-10-22-11/h1,3,10H,2,4-9H2,(H,15,19)/p+1. The predicted octanol–water partition coefficient (Wildman–Crippen LogP) is -0.167. The Morgan fingerprint density at radius 1 is 1.41 bits per heavy atom. The Bertz CT molecular complexity index is 593. The van der Waals surface area contributed by atoms with E-state index in [0.29, 0.717) is 12.4 Å². The minimum absolute atomic E-state index is 0.0159. The minimum Gasteiger partial charge on any atom is -0.370 e. The van der Waals surface area contributed by atoms with E-state index in [1.165, 1.54) is 16.2 Å². The highest BCUT2D eigenvalue weighted by molar-refractivity contribution is 7.13. The van der Waals surface area contributed by atoms with Crippen molar-refractivity contribution in [1.82, 2.24) is 15.5 Å². The lowest BCUT2D eigenvalue weighted by molar-refractivity contribution is -0.908. The maximum absolute atomic E-state index is 11.9. The van der Waals surface area contributed by atoms with Gasteiger partial charge in [0.2, 0.25) is 5.82 Å². The van der Waals surface area contributed by atoms with Gasteiger partial charge in [-0.1, -0.05) is 11.2 Å². The minimum atomic E-state index is -0.313. The van der Waals surface area contributed by atoms with E-state index in [1.54, 1.807) is 0 Å². The molecule has 1 saturated heterocycles. The van der Waals surface area contributed by atoms with Crippen LogP contribution in [0.4, 0.5) is 0 Å². The lowest BCUT2D eigenvalue weighted by atomic mass is 10.3. The lowest BCUT2D eigenvalue weighted by Gasteiger charge is -2.23. The number of hydrogen-bond acceptors (Lipinski definition) is 6. The number of ether oxygens (including phenoxy) is 1. The molecule has 0 aliphatic carbocycles. The van der Waals surface area contributed by atoms with E-state index in [4.69, 9.17) is 9.26 Å². The summed E-state index contributed by atoms with van der Waals surface area (Å²) >= 11 is 1.51. The van der Waals surface area contributed by atoms with E-state index in [2.05, 4.69) is 15.5 Å². The van der Waals surface area contributed by atoms with Gasteiger partial charge in [0.25, 0.3) is 0 Å². The predicted molar refractivity (Wildman–Crippen MR) is 80.9 cm³/mol. The molecule has 0 atom stereocenters. The molecule has 0 radical (unpaired) electrons. The van der Waals surface area contributed by atoms with Gasteiger partial charge in [-0.3, -0.25) is 4.79 Å². The largest absolute Gasteiger partial charge is 0.370 e. The zero-order valence-electron chi connectivity index (χ0n) is 12.2.